The van der Waals surface area contributed by atoms with Gasteiger partial charge >= 0.3 is 6.18 Å². The first kappa shape index (κ1) is 16.1. The lowest BCUT2D eigenvalue weighted by molar-refractivity contribution is -0.141. The number of nitrogens with zero attached hydrogens (tertiary/aromatic N) is 1. The van der Waals surface area contributed by atoms with Gasteiger partial charge in [-0.15, -0.1) is 0 Å². The summed E-state index contributed by atoms with van der Waals surface area (Å²) >= 11 is 0. The molecule has 3 nitrogen and oxygen atoms in total. The molecule has 1 aromatic heterocycles. The third-order valence-electron chi connectivity index (χ3n) is 4.28. The fourth-order valence-corrected chi connectivity index (χ4v) is 2.65. The van der Waals surface area contributed by atoms with E-state index in [1.165, 1.54) is 6.07 Å². The zero-order valence-electron chi connectivity index (χ0n) is 12.3. The predicted molar refractivity (Wildman–Crippen MR) is 73.7 cm³/mol. The summed E-state index contributed by atoms with van der Waals surface area (Å²) in [6, 6.07) is 2.29. The first-order valence-corrected chi connectivity index (χ1v) is 7.25. The number of ether oxygens (including phenoxy) is 1. The van der Waals surface area contributed by atoms with Crippen molar-refractivity contribution >= 4 is 0 Å². The van der Waals surface area contributed by atoms with Crippen LogP contribution in [0.5, 0.6) is 5.88 Å². The monoisotopic (exact) mass is 302 g/mol. The molecule has 2 N–H and O–H groups in total. The number of nitrogens with two attached hydrogens (primary N) is 1. The molecule has 0 amide bonds. The van der Waals surface area contributed by atoms with Crippen molar-refractivity contribution in [1.82, 2.24) is 4.98 Å². The molecule has 1 aliphatic carbocycles. The molecule has 0 aliphatic heterocycles. The van der Waals surface area contributed by atoms with Crippen LogP contribution in [0.3, 0.4) is 0 Å². The number of alkyl halides is 3. The second-order valence-electron chi connectivity index (χ2n) is 5.87. The van der Waals surface area contributed by atoms with Gasteiger partial charge in [0.25, 0.3) is 0 Å². The lowest BCUT2D eigenvalue weighted by atomic mass is 9.80. The van der Waals surface area contributed by atoms with Gasteiger partial charge in [-0.3, -0.25) is 0 Å². The fourth-order valence-electron chi connectivity index (χ4n) is 2.65. The molecule has 0 saturated heterocycles. The predicted octanol–water partition coefficient (Wildman–Crippen LogP) is 3.76. The van der Waals surface area contributed by atoms with E-state index in [4.69, 9.17) is 10.5 Å². The van der Waals surface area contributed by atoms with Crippen LogP contribution in [0.25, 0.3) is 0 Å². The van der Waals surface area contributed by atoms with Gasteiger partial charge in [-0.05, 0) is 37.2 Å². The molecule has 0 aromatic carbocycles. The van der Waals surface area contributed by atoms with Crippen LogP contribution < -0.4 is 10.5 Å². The highest BCUT2D eigenvalue weighted by Crippen LogP contribution is 2.34. The quantitative estimate of drug-likeness (QED) is 0.924. The van der Waals surface area contributed by atoms with E-state index in [2.05, 4.69) is 18.8 Å². The number of rotatable bonds is 3. The van der Waals surface area contributed by atoms with Crippen LogP contribution in [0.2, 0.25) is 0 Å². The van der Waals surface area contributed by atoms with Crippen LogP contribution in [0.4, 0.5) is 13.2 Å². The molecule has 1 aliphatic rings. The van der Waals surface area contributed by atoms with Crippen LogP contribution in [-0.2, 0) is 12.7 Å². The Balaban J connectivity index is 2.18. The molecule has 3 unspecified atom stereocenters. The molecule has 21 heavy (non-hydrogen) atoms. The SMILES string of the molecule is CC1CCC(Oc2nc(C(F)(F)F)ccc2CN)CC1C. The Morgan fingerprint density at radius 2 is 1.95 bits per heavy atom. The van der Waals surface area contributed by atoms with Gasteiger partial charge in [0.1, 0.15) is 11.8 Å². The van der Waals surface area contributed by atoms with Gasteiger partial charge in [0.15, 0.2) is 0 Å². The second kappa shape index (κ2) is 6.22. The Labute approximate surface area is 122 Å². The van der Waals surface area contributed by atoms with Gasteiger partial charge in [-0.1, -0.05) is 19.9 Å². The van der Waals surface area contributed by atoms with E-state index in [9.17, 15) is 13.2 Å². The summed E-state index contributed by atoms with van der Waals surface area (Å²) in [6.45, 7) is 4.44. The molecular formula is C15H21F3N2O. The van der Waals surface area contributed by atoms with Crippen molar-refractivity contribution in [1.29, 1.82) is 0 Å². The lowest BCUT2D eigenvalue weighted by Gasteiger charge is -2.32. The van der Waals surface area contributed by atoms with Gasteiger partial charge in [0, 0.05) is 12.1 Å². The Bertz CT molecular complexity index is 490. The minimum Gasteiger partial charge on any atom is -0.474 e. The summed E-state index contributed by atoms with van der Waals surface area (Å²) < 4.78 is 44.0. The Morgan fingerprint density at radius 1 is 1.24 bits per heavy atom. The number of pyridine rings is 1. The van der Waals surface area contributed by atoms with Gasteiger partial charge in [0.05, 0.1) is 0 Å². The average Bonchev–Trinajstić information content (AvgIpc) is 2.42. The minimum absolute atomic E-state index is 0.0269. The topological polar surface area (TPSA) is 48.1 Å². The summed E-state index contributed by atoms with van der Waals surface area (Å²) in [5.74, 6) is 1.14. The molecule has 1 saturated carbocycles. The summed E-state index contributed by atoms with van der Waals surface area (Å²) in [4.78, 5) is 3.63. The first-order valence-electron chi connectivity index (χ1n) is 7.25. The zero-order valence-corrected chi connectivity index (χ0v) is 12.3. The van der Waals surface area contributed by atoms with Crippen LogP contribution in [0, 0.1) is 11.8 Å². The zero-order chi connectivity index (χ0) is 15.6. The molecule has 118 valence electrons. The van der Waals surface area contributed by atoms with Gasteiger partial charge in [-0.25, -0.2) is 4.98 Å². The third-order valence-corrected chi connectivity index (χ3v) is 4.28. The minimum atomic E-state index is -4.47. The Kier molecular flexibility index (Phi) is 4.76. The summed E-state index contributed by atoms with van der Waals surface area (Å²) in [5.41, 5.74) is 5.13. The lowest BCUT2D eigenvalue weighted by Crippen LogP contribution is -2.29. The largest absolute Gasteiger partial charge is 0.474 e. The smallest absolute Gasteiger partial charge is 0.433 e. The highest BCUT2D eigenvalue weighted by Gasteiger charge is 2.34. The molecule has 0 radical (unpaired) electrons. The van der Waals surface area contributed by atoms with Crippen molar-refractivity contribution in [3.63, 3.8) is 0 Å². The van der Waals surface area contributed by atoms with Crippen LogP contribution in [0.1, 0.15) is 44.4 Å². The van der Waals surface area contributed by atoms with Gasteiger partial charge in [0.2, 0.25) is 5.88 Å². The molecule has 1 heterocycles. The van der Waals surface area contributed by atoms with Crippen LogP contribution >= 0.6 is 0 Å². The fraction of sp³-hybridized carbons (Fsp3) is 0.667. The first-order chi connectivity index (χ1) is 9.81. The van der Waals surface area contributed by atoms with E-state index in [-0.39, 0.29) is 18.5 Å². The van der Waals surface area contributed by atoms with Crippen molar-refractivity contribution in [2.75, 3.05) is 0 Å². The summed E-state index contributed by atoms with van der Waals surface area (Å²) in [5, 5.41) is 0. The number of aromatic nitrogens is 1. The normalized spacial score (nSPS) is 26.7. The van der Waals surface area contributed by atoms with E-state index >= 15 is 0 Å². The molecule has 0 spiro atoms. The van der Waals surface area contributed by atoms with Gasteiger partial charge < -0.3 is 10.5 Å². The molecule has 1 aromatic rings. The molecule has 1 fully saturated rings. The standard InChI is InChI=1S/C15H21F3N2O/c1-9-3-5-12(7-10(9)2)21-14-11(8-19)4-6-13(20-14)15(16,17)18/h4,6,9-10,12H,3,5,7-8,19H2,1-2H3. The average molecular weight is 302 g/mol. The molecule has 2 rings (SSSR count). The highest BCUT2D eigenvalue weighted by atomic mass is 19.4. The van der Waals surface area contributed by atoms with Gasteiger partial charge in [-0.2, -0.15) is 13.2 Å². The van der Waals surface area contributed by atoms with Crippen LogP contribution in [0.15, 0.2) is 12.1 Å². The maximum absolute atomic E-state index is 12.7. The van der Waals surface area contributed by atoms with Crippen molar-refractivity contribution in [3.8, 4) is 5.88 Å². The maximum Gasteiger partial charge on any atom is 0.433 e. The van der Waals surface area contributed by atoms with Crippen LogP contribution in [-0.4, -0.2) is 11.1 Å². The molecular weight excluding hydrogens is 281 g/mol. The van der Waals surface area contributed by atoms with E-state index in [1.807, 2.05) is 0 Å². The number of hydrogen-bond acceptors (Lipinski definition) is 3. The third kappa shape index (κ3) is 3.87. The summed E-state index contributed by atoms with van der Waals surface area (Å²) in [6.07, 6.45) is -1.86. The number of halogens is 3. The summed E-state index contributed by atoms with van der Waals surface area (Å²) in [7, 11) is 0. The van der Waals surface area contributed by atoms with Crippen molar-refractivity contribution < 1.29 is 17.9 Å². The Morgan fingerprint density at radius 3 is 2.52 bits per heavy atom. The Hall–Kier alpha value is -1.30. The molecule has 3 atom stereocenters. The van der Waals surface area contributed by atoms with Crippen molar-refractivity contribution in [2.45, 2.75) is 51.9 Å². The van der Waals surface area contributed by atoms with E-state index < -0.39 is 11.9 Å². The van der Waals surface area contributed by atoms with Crippen molar-refractivity contribution in [3.05, 3.63) is 23.4 Å². The van der Waals surface area contributed by atoms with E-state index in [0.29, 0.717) is 17.4 Å². The van der Waals surface area contributed by atoms with E-state index in [1.54, 1.807) is 0 Å². The second-order valence-corrected chi connectivity index (χ2v) is 5.87. The van der Waals surface area contributed by atoms with E-state index in [0.717, 1.165) is 25.3 Å². The number of hydrogen-bond donors (Lipinski definition) is 1. The molecule has 6 heteroatoms. The maximum atomic E-state index is 12.7. The molecule has 0 bridgehead atoms. The highest BCUT2D eigenvalue weighted by molar-refractivity contribution is 5.29. The van der Waals surface area contributed by atoms with Crippen molar-refractivity contribution in [2.24, 2.45) is 17.6 Å².